The van der Waals surface area contributed by atoms with Gasteiger partial charge in [-0.15, -0.1) is 0 Å². The topological polar surface area (TPSA) is 12.5 Å². The van der Waals surface area contributed by atoms with E-state index in [4.69, 9.17) is 4.74 Å². The molecule has 20 heavy (non-hydrogen) atoms. The first-order valence-electron chi connectivity index (χ1n) is 6.53. The van der Waals surface area contributed by atoms with Crippen LogP contribution in [-0.4, -0.2) is 13.7 Å². The van der Waals surface area contributed by atoms with Crippen LogP contribution in [0.3, 0.4) is 0 Å². The third-order valence-electron chi connectivity index (χ3n) is 3.64. The van der Waals surface area contributed by atoms with E-state index in [0.717, 1.165) is 41.0 Å². The highest BCUT2D eigenvalue weighted by molar-refractivity contribution is 9.10. The highest BCUT2D eigenvalue weighted by atomic mass is 79.9. The smallest absolute Gasteiger partial charge is 0.125 e. The number of benzene rings is 2. The van der Waals surface area contributed by atoms with Crippen molar-refractivity contribution in [2.45, 2.75) is 13.0 Å². The summed E-state index contributed by atoms with van der Waals surface area (Å²) in [5.74, 6) is 0.676. The van der Waals surface area contributed by atoms with Gasteiger partial charge in [0.05, 0.1) is 7.11 Å². The van der Waals surface area contributed by atoms with Crippen molar-refractivity contribution in [3.8, 4) is 5.75 Å². The van der Waals surface area contributed by atoms with Crippen LogP contribution >= 0.6 is 15.9 Å². The summed E-state index contributed by atoms with van der Waals surface area (Å²) < 4.78 is 19.8. The van der Waals surface area contributed by atoms with Crippen LogP contribution in [0.5, 0.6) is 5.75 Å². The van der Waals surface area contributed by atoms with Crippen LogP contribution in [-0.2, 0) is 13.0 Å². The van der Waals surface area contributed by atoms with Crippen LogP contribution in [0.25, 0.3) is 0 Å². The molecular formula is C16H15BrFNO. The number of anilines is 1. The predicted octanol–water partition coefficient (Wildman–Crippen LogP) is 4.16. The van der Waals surface area contributed by atoms with Gasteiger partial charge in [0.25, 0.3) is 0 Å². The average Bonchev–Trinajstić information content (AvgIpc) is 2.82. The summed E-state index contributed by atoms with van der Waals surface area (Å²) in [5.41, 5.74) is 3.30. The van der Waals surface area contributed by atoms with Crippen molar-refractivity contribution in [1.29, 1.82) is 0 Å². The zero-order valence-electron chi connectivity index (χ0n) is 11.2. The second-order valence-corrected chi connectivity index (χ2v) is 5.82. The van der Waals surface area contributed by atoms with Crippen LogP contribution in [0, 0.1) is 5.82 Å². The molecule has 0 bridgehead atoms. The van der Waals surface area contributed by atoms with E-state index in [2.05, 4.69) is 26.9 Å². The molecule has 0 saturated heterocycles. The molecule has 0 aliphatic carbocycles. The van der Waals surface area contributed by atoms with Gasteiger partial charge in [-0.3, -0.25) is 0 Å². The van der Waals surface area contributed by atoms with Gasteiger partial charge in [-0.1, -0.05) is 22.0 Å². The Morgan fingerprint density at radius 3 is 2.90 bits per heavy atom. The van der Waals surface area contributed by atoms with E-state index in [0.29, 0.717) is 0 Å². The Balaban J connectivity index is 1.91. The normalized spacial score (nSPS) is 13.4. The number of methoxy groups -OCH3 is 1. The molecule has 0 radical (unpaired) electrons. The Morgan fingerprint density at radius 2 is 2.10 bits per heavy atom. The number of nitrogens with zero attached hydrogens (tertiary/aromatic N) is 1. The summed E-state index contributed by atoms with van der Waals surface area (Å²) in [6.07, 6.45) is 0.964. The largest absolute Gasteiger partial charge is 0.496 e. The third kappa shape index (κ3) is 2.52. The molecule has 0 spiro atoms. The van der Waals surface area contributed by atoms with Gasteiger partial charge < -0.3 is 9.64 Å². The molecule has 2 nitrogen and oxygen atoms in total. The number of halogens is 2. The quantitative estimate of drug-likeness (QED) is 0.835. The molecule has 3 rings (SSSR count). The summed E-state index contributed by atoms with van der Waals surface area (Å²) in [5, 5.41) is 0. The molecule has 0 saturated carbocycles. The van der Waals surface area contributed by atoms with Crippen LogP contribution < -0.4 is 9.64 Å². The lowest BCUT2D eigenvalue weighted by Crippen LogP contribution is -2.20. The standard InChI is InChI=1S/C16H15BrFNO/c1-20-16-5-3-13(17)8-12(16)10-19-7-6-11-2-4-14(18)9-15(11)19/h2-5,8-9H,6-7,10H2,1H3. The second-order valence-electron chi connectivity index (χ2n) is 4.90. The lowest BCUT2D eigenvalue weighted by Gasteiger charge is -2.21. The van der Waals surface area contributed by atoms with E-state index in [1.807, 2.05) is 18.2 Å². The molecular weight excluding hydrogens is 321 g/mol. The van der Waals surface area contributed by atoms with Crippen molar-refractivity contribution in [2.24, 2.45) is 0 Å². The summed E-state index contributed by atoms with van der Waals surface area (Å²) in [6, 6.07) is 11.0. The van der Waals surface area contributed by atoms with E-state index in [9.17, 15) is 4.39 Å². The number of rotatable bonds is 3. The van der Waals surface area contributed by atoms with E-state index >= 15 is 0 Å². The van der Waals surface area contributed by atoms with Gasteiger partial charge in [0, 0.05) is 28.8 Å². The Kier molecular flexibility index (Phi) is 3.66. The zero-order chi connectivity index (χ0) is 14.1. The summed E-state index contributed by atoms with van der Waals surface area (Å²) >= 11 is 3.48. The van der Waals surface area contributed by atoms with Gasteiger partial charge in [0.2, 0.25) is 0 Å². The van der Waals surface area contributed by atoms with Crippen molar-refractivity contribution >= 4 is 21.6 Å². The molecule has 1 aliphatic rings. The first-order chi connectivity index (χ1) is 9.67. The molecule has 0 atom stereocenters. The molecule has 1 heterocycles. The van der Waals surface area contributed by atoms with Crippen molar-refractivity contribution < 1.29 is 9.13 Å². The zero-order valence-corrected chi connectivity index (χ0v) is 12.8. The highest BCUT2D eigenvalue weighted by Gasteiger charge is 2.20. The van der Waals surface area contributed by atoms with E-state index in [1.165, 1.54) is 11.6 Å². The lowest BCUT2D eigenvalue weighted by atomic mass is 10.1. The fourth-order valence-electron chi connectivity index (χ4n) is 2.66. The summed E-state index contributed by atoms with van der Waals surface area (Å²) in [7, 11) is 1.67. The molecule has 104 valence electrons. The van der Waals surface area contributed by atoms with Gasteiger partial charge in [0.15, 0.2) is 0 Å². The minimum absolute atomic E-state index is 0.183. The Morgan fingerprint density at radius 1 is 1.25 bits per heavy atom. The molecule has 2 aromatic carbocycles. The number of ether oxygens (including phenoxy) is 1. The minimum Gasteiger partial charge on any atom is -0.496 e. The predicted molar refractivity (Wildman–Crippen MR) is 81.8 cm³/mol. The number of fused-ring (bicyclic) bond motifs is 1. The van der Waals surface area contributed by atoms with E-state index in [-0.39, 0.29) is 5.82 Å². The fraction of sp³-hybridized carbons (Fsp3) is 0.250. The van der Waals surface area contributed by atoms with Gasteiger partial charge >= 0.3 is 0 Å². The van der Waals surface area contributed by atoms with Gasteiger partial charge in [-0.25, -0.2) is 4.39 Å². The summed E-state index contributed by atoms with van der Waals surface area (Å²) in [6.45, 7) is 1.63. The van der Waals surface area contributed by atoms with Crippen molar-refractivity contribution in [3.63, 3.8) is 0 Å². The molecule has 1 aliphatic heterocycles. The Labute approximate surface area is 126 Å². The first kappa shape index (κ1) is 13.4. The molecule has 0 aromatic heterocycles. The maximum Gasteiger partial charge on any atom is 0.125 e. The maximum atomic E-state index is 13.4. The monoisotopic (exact) mass is 335 g/mol. The Bertz CT molecular complexity index is 644. The van der Waals surface area contributed by atoms with Crippen molar-refractivity contribution in [1.82, 2.24) is 0 Å². The Hall–Kier alpha value is -1.55. The minimum atomic E-state index is -0.183. The number of hydrogen-bond donors (Lipinski definition) is 0. The van der Waals surface area contributed by atoms with Crippen LogP contribution in [0.15, 0.2) is 40.9 Å². The van der Waals surface area contributed by atoms with Crippen LogP contribution in [0.2, 0.25) is 0 Å². The van der Waals surface area contributed by atoms with Crippen LogP contribution in [0.4, 0.5) is 10.1 Å². The molecule has 0 amide bonds. The van der Waals surface area contributed by atoms with E-state index in [1.54, 1.807) is 13.2 Å². The molecule has 0 unspecified atom stereocenters. The van der Waals surface area contributed by atoms with E-state index < -0.39 is 0 Å². The molecule has 0 fully saturated rings. The maximum absolute atomic E-state index is 13.4. The van der Waals surface area contributed by atoms with Gasteiger partial charge in [0.1, 0.15) is 11.6 Å². The fourth-order valence-corrected chi connectivity index (χ4v) is 3.07. The lowest BCUT2D eigenvalue weighted by molar-refractivity contribution is 0.409. The molecule has 0 N–H and O–H groups in total. The third-order valence-corrected chi connectivity index (χ3v) is 4.14. The average molecular weight is 336 g/mol. The SMILES string of the molecule is COc1ccc(Br)cc1CN1CCc2ccc(F)cc21. The van der Waals surface area contributed by atoms with Crippen LogP contribution in [0.1, 0.15) is 11.1 Å². The van der Waals surface area contributed by atoms with Gasteiger partial charge in [-0.05, 0) is 42.3 Å². The molecule has 2 aromatic rings. The van der Waals surface area contributed by atoms with Gasteiger partial charge in [-0.2, -0.15) is 0 Å². The molecule has 4 heteroatoms. The first-order valence-corrected chi connectivity index (χ1v) is 7.32. The second kappa shape index (κ2) is 5.44. The summed E-state index contributed by atoms with van der Waals surface area (Å²) in [4.78, 5) is 2.20. The van der Waals surface area contributed by atoms with Crippen molar-refractivity contribution in [2.75, 3.05) is 18.6 Å². The number of hydrogen-bond acceptors (Lipinski definition) is 2. The highest BCUT2D eigenvalue weighted by Crippen LogP contribution is 2.32. The van der Waals surface area contributed by atoms with Crippen molar-refractivity contribution in [3.05, 3.63) is 57.8 Å².